The van der Waals surface area contributed by atoms with Crippen molar-refractivity contribution in [2.24, 2.45) is 0 Å². The first-order valence-electron chi connectivity index (χ1n) is 13.7. The Kier molecular flexibility index (Phi) is 11.0. The summed E-state index contributed by atoms with van der Waals surface area (Å²) >= 11 is 3.58. The highest BCUT2D eigenvalue weighted by Crippen LogP contribution is 2.57. The number of ether oxygens (including phenoxy) is 4. The Balaban J connectivity index is 1.92. The number of hydrogen-bond donors (Lipinski definition) is 0. The lowest BCUT2D eigenvalue weighted by Gasteiger charge is -2.32. The standard InChI is InChI=1S/C33H37BrO6P2/c1-37-25-7-15-29(16-8-25)41(35,30-17-9-26(38-2)10-18-30)24-33(6-5-23-34)42(36,31-19-11-27(39-3)12-20-31)32-21-13-28(40-4)14-22-32/h7-22,33H,5-6,23-24H2,1-4H3. The van der Waals surface area contributed by atoms with Gasteiger partial charge in [0.25, 0.3) is 0 Å². The van der Waals surface area contributed by atoms with Crippen molar-refractivity contribution in [3.8, 4) is 23.0 Å². The van der Waals surface area contributed by atoms with E-state index in [0.717, 1.165) is 11.8 Å². The summed E-state index contributed by atoms with van der Waals surface area (Å²) in [5, 5.41) is 3.51. The van der Waals surface area contributed by atoms with Gasteiger partial charge in [0.05, 0.1) is 28.4 Å². The van der Waals surface area contributed by atoms with Crippen molar-refractivity contribution in [2.75, 3.05) is 39.9 Å². The molecule has 0 saturated heterocycles. The van der Waals surface area contributed by atoms with Gasteiger partial charge >= 0.3 is 0 Å². The van der Waals surface area contributed by atoms with Gasteiger partial charge in [-0.25, -0.2) is 0 Å². The highest BCUT2D eigenvalue weighted by molar-refractivity contribution is 9.09. The zero-order chi connectivity index (χ0) is 30.2. The van der Waals surface area contributed by atoms with Gasteiger partial charge < -0.3 is 28.1 Å². The smallest absolute Gasteiger partial charge is 0.146 e. The van der Waals surface area contributed by atoms with Gasteiger partial charge in [-0.2, -0.15) is 0 Å². The summed E-state index contributed by atoms with van der Waals surface area (Å²) in [7, 11) is -0.216. The highest BCUT2D eigenvalue weighted by Gasteiger charge is 2.42. The molecule has 4 aromatic rings. The van der Waals surface area contributed by atoms with E-state index in [0.29, 0.717) is 50.6 Å². The van der Waals surface area contributed by atoms with Crippen LogP contribution in [0.25, 0.3) is 0 Å². The second kappa shape index (κ2) is 14.5. The van der Waals surface area contributed by atoms with Crippen LogP contribution in [-0.2, 0) is 9.13 Å². The number of alkyl halides is 1. The van der Waals surface area contributed by atoms with Gasteiger partial charge in [0.15, 0.2) is 0 Å². The normalized spacial score (nSPS) is 12.4. The van der Waals surface area contributed by atoms with Gasteiger partial charge in [-0.15, -0.1) is 0 Å². The highest BCUT2D eigenvalue weighted by atomic mass is 79.9. The third kappa shape index (κ3) is 6.80. The second-order valence-corrected chi connectivity index (χ2v) is 16.6. The van der Waals surface area contributed by atoms with E-state index in [4.69, 9.17) is 18.9 Å². The Morgan fingerprint density at radius 3 is 1.14 bits per heavy atom. The van der Waals surface area contributed by atoms with Crippen molar-refractivity contribution >= 4 is 51.4 Å². The van der Waals surface area contributed by atoms with Gasteiger partial charge in [-0.1, -0.05) is 15.9 Å². The third-order valence-electron chi connectivity index (χ3n) is 7.54. The number of rotatable bonds is 14. The molecule has 0 fully saturated rings. The minimum atomic E-state index is -3.35. The number of hydrogen-bond acceptors (Lipinski definition) is 6. The molecule has 0 amide bonds. The molecule has 0 bridgehead atoms. The van der Waals surface area contributed by atoms with E-state index in [2.05, 4.69) is 15.9 Å². The van der Waals surface area contributed by atoms with Crippen molar-refractivity contribution in [1.82, 2.24) is 0 Å². The average molecular weight is 672 g/mol. The molecule has 0 aliphatic heterocycles. The number of methoxy groups -OCH3 is 4. The molecule has 1 unspecified atom stereocenters. The largest absolute Gasteiger partial charge is 0.497 e. The Labute approximate surface area is 257 Å². The second-order valence-electron chi connectivity index (χ2n) is 9.86. The van der Waals surface area contributed by atoms with Crippen LogP contribution in [0.15, 0.2) is 97.1 Å². The van der Waals surface area contributed by atoms with Crippen LogP contribution in [0, 0.1) is 0 Å². The van der Waals surface area contributed by atoms with Crippen LogP contribution >= 0.6 is 30.2 Å². The first kappa shape index (κ1) is 31.9. The molecule has 4 aromatic carbocycles. The van der Waals surface area contributed by atoms with E-state index in [-0.39, 0.29) is 6.16 Å². The molecule has 1 atom stereocenters. The third-order valence-corrected chi connectivity index (χ3v) is 15.2. The van der Waals surface area contributed by atoms with E-state index < -0.39 is 19.9 Å². The van der Waals surface area contributed by atoms with Crippen LogP contribution in [0.1, 0.15) is 12.8 Å². The van der Waals surface area contributed by atoms with Gasteiger partial charge in [0.1, 0.15) is 37.3 Å². The minimum Gasteiger partial charge on any atom is -0.497 e. The number of halogens is 1. The Bertz CT molecular complexity index is 1420. The SMILES string of the molecule is COc1ccc(P(=O)(CC(CCCBr)P(=O)(c2ccc(OC)cc2)c2ccc(OC)cc2)c2ccc(OC)cc2)cc1. The molecular formula is C33H37BrO6P2. The molecule has 0 saturated carbocycles. The van der Waals surface area contributed by atoms with Crippen LogP contribution in [0.3, 0.4) is 0 Å². The van der Waals surface area contributed by atoms with Crippen molar-refractivity contribution in [1.29, 1.82) is 0 Å². The van der Waals surface area contributed by atoms with E-state index in [9.17, 15) is 0 Å². The molecule has 0 radical (unpaired) electrons. The Morgan fingerprint density at radius 1 is 0.548 bits per heavy atom. The minimum absolute atomic E-state index is 0.216. The van der Waals surface area contributed by atoms with Crippen molar-refractivity contribution in [2.45, 2.75) is 18.5 Å². The van der Waals surface area contributed by atoms with Crippen LogP contribution < -0.4 is 40.2 Å². The van der Waals surface area contributed by atoms with Crippen molar-refractivity contribution in [3.05, 3.63) is 97.1 Å². The predicted octanol–water partition coefficient (Wildman–Crippen LogP) is 6.59. The summed E-state index contributed by atoms with van der Waals surface area (Å²) in [6.45, 7) is 0. The zero-order valence-electron chi connectivity index (χ0n) is 24.4. The van der Waals surface area contributed by atoms with Crippen molar-refractivity contribution < 1.29 is 28.1 Å². The molecule has 42 heavy (non-hydrogen) atoms. The summed E-state index contributed by atoms with van der Waals surface area (Å²) in [4.78, 5) is 0. The molecule has 0 aliphatic rings. The maximum Gasteiger partial charge on any atom is 0.146 e. The van der Waals surface area contributed by atoms with E-state index in [1.165, 1.54) is 0 Å². The van der Waals surface area contributed by atoms with Crippen LogP contribution in [0.5, 0.6) is 23.0 Å². The Hall–Kier alpha value is -2.98. The summed E-state index contributed by atoms with van der Waals surface area (Å²) in [6.07, 6.45) is 1.59. The maximum absolute atomic E-state index is 15.7. The molecule has 6 nitrogen and oxygen atoms in total. The lowest BCUT2D eigenvalue weighted by atomic mass is 10.3. The monoisotopic (exact) mass is 670 g/mol. The topological polar surface area (TPSA) is 71.1 Å². The molecule has 0 aliphatic carbocycles. The van der Waals surface area contributed by atoms with Gasteiger partial charge in [0, 0.05) is 38.4 Å². The fourth-order valence-electron chi connectivity index (χ4n) is 5.18. The van der Waals surface area contributed by atoms with Crippen molar-refractivity contribution in [3.63, 3.8) is 0 Å². The van der Waals surface area contributed by atoms with Crippen LogP contribution in [0.2, 0.25) is 0 Å². The molecule has 4 rings (SSSR count). The molecule has 9 heteroatoms. The van der Waals surface area contributed by atoms with Crippen LogP contribution in [0.4, 0.5) is 0 Å². The molecule has 0 heterocycles. The average Bonchev–Trinajstić information content (AvgIpc) is 3.06. The predicted molar refractivity (Wildman–Crippen MR) is 177 cm³/mol. The maximum atomic E-state index is 15.7. The molecular weight excluding hydrogens is 634 g/mol. The molecule has 0 N–H and O–H groups in total. The fraction of sp³-hybridized carbons (Fsp3) is 0.273. The van der Waals surface area contributed by atoms with Gasteiger partial charge in [-0.05, 0) is 110 Å². The molecule has 0 aromatic heterocycles. The Morgan fingerprint density at radius 2 is 0.857 bits per heavy atom. The summed E-state index contributed by atoms with van der Waals surface area (Å²) < 4.78 is 52.7. The lowest BCUT2D eigenvalue weighted by molar-refractivity contribution is 0.414. The van der Waals surface area contributed by atoms with E-state index in [1.807, 2.05) is 97.1 Å². The van der Waals surface area contributed by atoms with Crippen LogP contribution in [-0.4, -0.2) is 45.6 Å². The summed E-state index contributed by atoms with van der Waals surface area (Å²) in [6, 6.07) is 29.6. The first-order valence-corrected chi connectivity index (χ1v) is 18.4. The van der Waals surface area contributed by atoms with Gasteiger partial charge in [0.2, 0.25) is 0 Å². The van der Waals surface area contributed by atoms with Gasteiger partial charge in [-0.3, -0.25) is 0 Å². The van der Waals surface area contributed by atoms with E-state index >= 15 is 9.13 Å². The number of benzene rings is 4. The molecule has 222 valence electrons. The summed E-state index contributed by atoms with van der Waals surface area (Å²) in [5.41, 5.74) is -0.424. The fourth-order valence-corrected chi connectivity index (χ4v) is 12.7. The first-order chi connectivity index (χ1) is 20.3. The summed E-state index contributed by atoms with van der Waals surface area (Å²) in [5.74, 6) is 2.72. The lowest BCUT2D eigenvalue weighted by Crippen LogP contribution is -2.32. The quantitative estimate of drug-likeness (QED) is 0.111. The van der Waals surface area contributed by atoms with E-state index in [1.54, 1.807) is 28.4 Å². The molecule has 0 spiro atoms. The zero-order valence-corrected chi connectivity index (χ0v) is 27.7.